The van der Waals surface area contributed by atoms with Crippen LogP contribution in [0.4, 0.5) is 13.2 Å². The van der Waals surface area contributed by atoms with Gasteiger partial charge in [0.1, 0.15) is 0 Å². The second kappa shape index (κ2) is 11.6. The van der Waals surface area contributed by atoms with E-state index >= 15 is 0 Å². The average molecular weight is 407 g/mol. The molecule has 1 N–H and O–H groups in total. The first-order valence-corrected chi connectivity index (χ1v) is 9.86. The van der Waals surface area contributed by atoms with Gasteiger partial charge in [-0.2, -0.15) is 13.2 Å². The van der Waals surface area contributed by atoms with Crippen LogP contribution in [0.3, 0.4) is 0 Å². The molecule has 4 nitrogen and oxygen atoms in total. The van der Waals surface area contributed by atoms with Crippen molar-refractivity contribution in [3.8, 4) is 0 Å². The van der Waals surface area contributed by atoms with Crippen molar-refractivity contribution in [2.75, 3.05) is 19.8 Å². The molecule has 0 heterocycles. The Kier molecular flexibility index (Phi) is 10.2. The topological polar surface area (TPSA) is 47.6 Å². The lowest BCUT2D eigenvalue weighted by Gasteiger charge is -2.22. The SMILES string of the molecule is CC(C)(C)S(=O)NC(/C=C/C(F)(F)F)CCOCCOCc1ccccc1. The van der Waals surface area contributed by atoms with Gasteiger partial charge in [-0.3, -0.25) is 0 Å². The number of rotatable bonds is 11. The molecular formula is C19H28F3NO3S. The second-order valence-corrected chi connectivity index (χ2v) is 8.94. The Morgan fingerprint density at radius 1 is 1.07 bits per heavy atom. The van der Waals surface area contributed by atoms with Gasteiger partial charge < -0.3 is 9.47 Å². The summed E-state index contributed by atoms with van der Waals surface area (Å²) in [6.07, 6.45) is -2.99. The first-order valence-electron chi connectivity index (χ1n) is 8.71. The van der Waals surface area contributed by atoms with Crippen LogP contribution in [-0.4, -0.2) is 41.0 Å². The zero-order valence-corrected chi connectivity index (χ0v) is 16.7. The van der Waals surface area contributed by atoms with Gasteiger partial charge in [0.2, 0.25) is 0 Å². The van der Waals surface area contributed by atoms with E-state index in [2.05, 4.69) is 4.72 Å². The molecule has 0 aliphatic heterocycles. The Balaban J connectivity index is 2.33. The van der Waals surface area contributed by atoms with E-state index in [4.69, 9.17) is 9.47 Å². The smallest absolute Gasteiger partial charge is 0.379 e. The van der Waals surface area contributed by atoms with Crippen LogP contribution in [-0.2, 0) is 27.1 Å². The van der Waals surface area contributed by atoms with Gasteiger partial charge in [0.25, 0.3) is 0 Å². The summed E-state index contributed by atoms with van der Waals surface area (Å²) >= 11 is 0. The van der Waals surface area contributed by atoms with Crippen molar-refractivity contribution in [2.24, 2.45) is 0 Å². The third-order valence-corrected chi connectivity index (χ3v) is 5.02. The van der Waals surface area contributed by atoms with E-state index in [0.717, 1.165) is 11.6 Å². The summed E-state index contributed by atoms with van der Waals surface area (Å²) in [6, 6.07) is 9.00. The molecule has 27 heavy (non-hydrogen) atoms. The minimum absolute atomic E-state index is 0.160. The fourth-order valence-corrected chi connectivity index (χ4v) is 2.75. The van der Waals surface area contributed by atoms with Crippen molar-refractivity contribution in [1.82, 2.24) is 4.72 Å². The highest BCUT2D eigenvalue weighted by Gasteiger charge is 2.25. The minimum atomic E-state index is -4.41. The van der Waals surface area contributed by atoms with Gasteiger partial charge >= 0.3 is 6.18 Å². The maximum absolute atomic E-state index is 12.4. The van der Waals surface area contributed by atoms with E-state index in [-0.39, 0.29) is 19.1 Å². The van der Waals surface area contributed by atoms with Gasteiger partial charge in [0, 0.05) is 18.7 Å². The normalized spacial score (nSPS) is 15.2. The largest absolute Gasteiger partial charge is 0.409 e. The molecule has 0 saturated carbocycles. The fourth-order valence-electron chi connectivity index (χ4n) is 1.93. The van der Waals surface area contributed by atoms with Crippen LogP contribution in [0, 0.1) is 0 Å². The number of hydrogen-bond acceptors (Lipinski definition) is 3. The van der Waals surface area contributed by atoms with Crippen molar-refractivity contribution < 1.29 is 26.9 Å². The number of ether oxygens (including phenoxy) is 2. The highest BCUT2D eigenvalue weighted by Crippen LogP contribution is 2.17. The Labute approximate surface area is 161 Å². The van der Waals surface area contributed by atoms with Crippen molar-refractivity contribution >= 4 is 11.0 Å². The molecule has 0 spiro atoms. The zero-order chi connectivity index (χ0) is 20.3. The molecule has 154 valence electrons. The molecule has 0 radical (unpaired) electrons. The van der Waals surface area contributed by atoms with Gasteiger partial charge in [-0.25, -0.2) is 8.93 Å². The molecule has 0 aliphatic carbocycles. The van der Waals surface area contributed by atoms with Gasteiger partial charge in [-0.05, 0) is 32.8 Å². The minimum Gasteiger partial charge on any atom is -0.379 e. The maximum Gasteiger partial charge on any atom is 0.409 e. The number of nitrogens with one attached hydrogen (secondary N) is 1. The molecule has 1 rings (SSSR count). The van der Waals surface area contributed by atoms with Gasteiger partial charge in [0.15, 0.2) is 0 Å². The van der Waals surface area contributed by atoms with Crippen LogP contribution in [0.15, 0.2) is 42.5 Å². The number of allylic oxidation sites excluding steroid dienone is 1. The lowest BCUT2D eigenvalue weighted by atomic mass is 10.2. The molecule has 2 unspecified atom stereocenters. The number of halogens is 3. The highest BCUT2D eigenvalue weighted by atomic mass is 32.2. The average Bonchev–Trinajstić information content (AvgIpc) is 2.57. The summed E-state index contributed by atoms with van der Waals surface area (Å²) in [5, 5.41) is 0. The summed E-state index contributed by atoms with van der Waals surface area (Å²) in [5.41, 5.74) is 1.06. The van der Waals surface area contributed by atoms with Crippen LogP contribution < -0.4 is 4.72 Å². The molecule has 1 aromatic rings. The third-order valence-electron chi connectivity index (χ3n) is 3.39. The molecule has 2 atom stereocenters. The Morgan fingerprint density at radius 3 is 2.30 bits per heavy atom. The molecule has 0 fully saturated rings. The predicted molar refractivity (Wildman–Crippen MR) is 102 cm³/mol. The van der Waals surface area contributed by atoms with Gasteiger partial charge in [-0.15, -0.1) is 0 Å². The Bertz CT molecular complexity index is 586. The van der Waals surface area contributed by atoms with Crippen molar-refractivity contribution in [3.63, 3.8) is 0 Å². The first kappa shape index (κ1) is 23.8. The summed E-state index contributed by atoms with van der Waals surface area (Å²) in [4.78, 5) is 0. The number of alkyl halides is 3. The number of benzene rings is 1. The number of hydrogen-bond donors (Lipinski definition) is 1. The van der Waals surface area contributed by atoms with E-state index < -0.39 is 28.0 Å². The van der Waals surface area contributed by atoms with E-state index in [9.17, 15) is 17.4 Å². The summed E-state index contributed by atoms with van der Waals surface area (Å²) in [7, 11) is -1.48. The van der Waals surface area contributed by atoms with Crippen LogP contribution in [0.2, 0.25) is 0 Å². The third kappa shape index (κ3) is 12.0. The standard InChI is InChI=1S/C19H28F3NO3S/c1-18(2,3)27(24)23-17(9-11-19(20,21)22)10-12-25-13-14-26-15-16-7-5-4-6-8-16/h4-9,11,17,23H,10,12-15H2,1-3H3/b11-9+. The zero-order valence-electron chi connectivity index (χ0n) is 15.9. The monoisotopic (exact) mass is 407 g/mol. The van der Waals surface area contributed by atoms with E-state index in [1.165, 1.54) is 0 Å². The lowest BCUT2D eigenvalue weighted by Crippen LogP contribution is -2.39. The summed E-state index contributed by atoms with van der Waals surface area (Å²) in [5.74, 6) is 0. The summed E-state index contributed by atoms with van der Waals surface area (Å²) in [6.45, 7) is 6.69. The van der Waals surface area contributed by atoms with Crippen LogP contribution in [0.5, 0.6) is 0 Å². The van der Waals surface area contributed by atoms with Crippen molar-refractivity contribution in [3.05, 3.63) is 48.0 Å². The Hall–Kier alpha value is -1.22. The molecule has 0 amide bonds. The summed E-state index contributed by atoms with van der Waals surface area (Å²) < 4.78 is 62.4. The fraction of sp³-hybridized carbons (Fsp3) is 0.579. The van der Waals surface area contributed by atoms with Gasteiger partial charge in [-0.1, -0.05) is 36.4 Å². The van der Waals surface area contributed by atoms with E-state index in [0.29, 0.717) is 19.8 Å². The quantitative estimate of drug-likeness (QED) is 0.443. The van der Waals surface area contributed by atoms with Crippen molar-refractivity contribution in [2.45, 2.75) is 50.8 Å². The second-order valence-electron chi connectivity index (χ2n) is 6.95. The lowest BCUT2D eigenvalue weighted by molar-refractivity contribution is -0.0801. The molecule has 8 heteroatoms. The van der Waals surface area contributed by atoms with Crippen LogP contribution in [0.1, 0.15) is 32.8 Å². The molecule has 1 aromatic carbocycles. The maximum atomic E-state index is 12.4. The van der Waals surface area contributed by atoms with E-state index in [1.54, 1.807) is 20.8 Å². The van der Waals surface area contributed by atoms with Crippen LogP contribution in [0.25, 0.3) is 0 Å². The van der Waals surface area contributed by atoms with Crippen LogP contribution >= 0.6 is 0 Å². The van der Waals surface area contributed by atoms with E-state index in [1.807, 2.05) is 30.3 Å². The predicted octanol–water partition coefficient (Wildman–Crippen LogP) is 4.15. The Morgan fingerprint density at radius 2 is 1.70 bits per heavy atom. The molecule has 0 aromatic heterocycles. The molecule has 0 saturated heterocycles. The molecular weight excluding hydrogens is 379 g/mol. The highest BCUT2D eigenvalue weighted by molar-refractivity contribution is 7.84. The molecule has 0 bridgehead atoms. The molecule has 0 aliphatic rings. The van der Waals surface area contributed by atoms with Gasteiger partial charge in [0.05, 0.1) is 35.6 Å². The first-order chi connectivity index (χ1) is 12.6. The van der Waals surface area contributed by atoms with Crippen molar-refractivity contribution in [1.29, 1.82) is 0 Å².